The first-order valence-corrected chi connectivity index (χ1v) is 6.23. The van der Waals surface area contributed by atoms with Crippen LogP contribution in [0.5, 0.6) is 0 Å². The van der Waals surface area contributed by atoms with Crippen molar-refractivity contribution in [2.45, 2.75) is 31.2 Å². The summed E-state index contributed by atoms with van der Waals surface area (Å²) in [7, 11) is 0. The molecular formula is C13H14ClNO3. The number of carbonyl (C=O) groups excluding carboxylic acids is 1. The van der Waals surface area contributed by atoms with Crippen LogP contribution >= 0.6 is 11.6 Å². The molecule has 0 bridgehead atoms. The van der Waals surface area contributed by atoms with Crippen molar-refractivity contribution in [3.05, 3.63) is 34.9 Å². The summed E-state index contributed by atoms with van der Waals surface area (Å²) < 4.78 is 0. The van der Waals surface area contributed by atoms with Crippen LogP contribution in [0.4, 0.5) is 0 Å². The van der Waals surface area contributed by atoms with Gasteiger partial charge in [0.15, 0.2) is 0 Å². The Morgan fingerprint density at radius 3 is 2.22 bits per heavy atom. The lowest BCUT2D eigenvalue weighted by Crippen LogP contribution is -2.52. The maximum atomic E-state index is 12.0. The maximum absolute atomic E-state index is 12.0. The number of amides is 1. The highest BCUT2D eigenvalue weighted by atomic mass is 35.5. The largest absolute Gasteiger partial charge is 0.480 e. The maximum Gasteiger partial charge on any atom is 0.329 e. The second-order valence-corrected chi connectivity index (χ2v) is 4.99. The predicted octanol–water partition coefficient (Wildman–Crippen LogP) is 2.47. The normalized spacial score (nSPS) is 17.4. The summed E-state index contributed by atoms with van der Waals surface area (Å²) in [6.07, 6.45) is 2.63. The average Bonchev–Trinajstić information content (AvgIpc) is 2.79. The molecule has 2 rings (SSSR count). The molecule has 1 aliphatic carbocycles. The molecule has 96 valence electrons. The van der Waals surface area contributed by atoms with Gasteiger partial charge in [0.1, 0.15) is 5.54 Å². The molecule has 5 heteroatoms. The van der Waals surface area contributed by atoms with E-state index in [1.54, 1.807) is 24.3 Å². The molecule has 0 heterocycles. The van der Waals surface area contributed by atoms with E-state index in [4.69, 9.17) is 11.6 Å². The van der Waals surface area contributed by atoms with Gasteiger partial charge in [0.05, 0.1) is 0 Å². The molecule has 0 saturated heterocycles. The zero-order valence-electron chi connectivity index (χ0n) is 9.78. The smallest absolute Gasteiger partial charge is 0.329 e. The number of halogens is 1. The van der Waals surface area contributed by atoms with E-state index in [2.05, 4.69) is 5.32 Å². The number of carboxylic acids is 1. The Morgan fingerprint density at radius 2 is 1.72 bits per heavy atom. The molecule has 2 N–H and O–H groups in total. The summed E-state index contributed by atoms with van der Waals surface area (Å²) in [6.45, 7) is 0. The van der Waals surface area contributed by atoms with Crippen LogP contribution < -0.4 is 5.32 Å². The predicted molar refractivity (Wildman–Crippen MR) is 67.8 cm³/mol. The minimum atomic E-state index is -1.10. The molecule has 1 amide bonds. The van der Waals surface area contributed by atoms with Crippen LogP contribution in [0.1, 0.15) is 36.0 Å². The van der Waals surface area contributed by atoms with Crippen LogP contribution in [-0.2, 0) is 4.79 Å². The van der Waals surface area contributed by atoms with Crippen LogP contribution in [0.3, 0.4) is 0 Å². The molecule has 1 aromatic rings. The molecule has 0 aromatic heterocycles. The minimum absolute atomic E-state index is 0.365. The summed E-state index contributed by atoms with van der Waals surface area (Å²) in [5.74, 6) is -1.32. The fourth-order valence-electron chi connectivity index (χ4n) is 2.26. The van der Waals surface area contributed by atoms with Gasteiger partial charge in [-0.3, -0.25) is 4.79 Å². The van der Waals surface area contributed by atoms with Gasteiger partial charge >= 0.3 is 5.97 Å². The second kappa shape index (κ2) is 4.98. The Balaban J connectivity index is 2.15. The van der Waals surface area contributed by atoms with Crippen molar-refractivity contribution in [2.75, 3.05) is 0 Å². The first kappa shape index (κ1) is 12.9. The minimum Gasteiger partial charge on any atom is -0.480 e. The molecule has 1 aliphatic rings. The van der Waals surface area contributed by atoms with Gasteiger partial charge < -0.3 is 10.4 Å². The van der Waals surface area contributed by atoms with Crippen molar-refractivity contribution in [3.8, 4) is 0 Å². The SMILES string of the molecule is O=C(NC1(C(=O)O)CCCC1)c1ccc(Cl)cc1. The molecule has 1 fully saturated rings. The van der Waals surface area contributed by atoms with Gasteiger partial charge in [0, 0.05) is 10.6 Å². The molecule has 0 aliphatic heterocycles. The van der Waals surface area contributed by atoms with Crippen LogP contribution in [0.25, 0.3) is 0 Å². The highest BCUT2D eigenvalue weighted by Gasteiger charge is 2.42. The molecule has 1 aromatic carbocycles. The number of hydrogen-bond donors (Lipinski definition) is 2. The van der Waals surface area contributed by atoms with Crippen molar-refractivity contribution in [1.29, 1.82) is 0 Å². The molecule has 4 nitrogen and oxygen atoms in total. The van der Waals surface area contributed by atoms with Crippen LogP contribution in [0, 0.1) is 0 Å². The fraction of sp³-hybridized carbons (Fsp3) is 0.385. The topological polar surface area (TPSA) is 66.4 Å². The quantitative estimate of drug-likeness (QED) is 0.884. The van der Waals surface area contributed by atoms with Gasteiger partial charge in [-0.25, -0.2) is 4.79 Å². The van der Waals surface area contributed by atoms with Gasteiger partial charge in [-0.05, 0) is 37.1 Å². The van der Waals surface area contributed by atoms with E-state index in [0.29, 0.717) is 23.4 Å². The Hall–Kier alpha value is -1.55. The summed E-state index contributed by atoms with van der Waals surface area (Å²) in [5, 5.41) is 12.5. The lowest BCUT2D eigenvalue weighted by atomic mass is 9.97. The van der Waals surface area contributed by atoms with E-state index < -0.39 is 11.5 Å². The molecule has 18 heavy (non-hydrogen) atoms. The van der Waals surface area contributed by atoms with E-state index in [0.717, 1.165) is 12.8 Å². The van der Waals surface area contributed by atoms with Crippen molar-refractivity contribution in [2.24, 2.45) is 0 Å². The third kappa shape index (κ3) is 2.48. The van der Waals surface area contributed by atoms with E-state index in [-0.39, 0.29) is 5.91 Å². The lowest BCUT2D eigenvalue weighted by molar-refractivity contribution is -0.144. The molecule has 0 unspecified atom stereocenters. The van der Waals surface area contributed by atoms with Crippen molar-refractivity contribution < 1.29 is 14.7 Å². The van der Waals surface area contributed by atoms with Gasteiger partial charge in [-0.15, -0.1) is 0 Å². The van der Waals surface area contributed by atoms with Crippen LogP contribution in [0.15, 0.2) is 24.3 Å². The zero-order chi connectivity index (χ0) is 13.2. The number of rotatable bonds is 3. The third-order valence-electron chi connectivity index (χ3n) is 3.33. The van der Waals surface area contributed by atoms with Crippen molar-refractivity contribution in [1.82, 2.24) is 5.32 Å². The summed E-state index contributed by atoms with van der Waals surface area (Å²) in [6, 6.07) is 6.39. The lowest BCUT2D eigenvalue weighted by Gasteiger charge is -2.25. The van der Waals surface area contributed by atoms with Gasteiger partial charge in [-0.2, -0.15) is 0 Å². The molecule has 0 spiro atoms. The van der Waals surface area contributed by atoms with Crippen molar-refractivity contribution in [3.63, 3.8) is 0 Å². The average molecular weight is 268 g/mol. The Labute approximate surface area is 110 Å². The van der Waals surface area contributed by atoms with Crippen LogP contribution in [0.2, 0.25) is 5.02 Å². The second-order valence-electron chi connectivity index (χ2n) is 4.56. The molecule has 1 saturated carbocycles. The van der Waals surface area contributed by atoms with E-state index in [1.807, 2.05) is 0 Å². The Kier molecular flexibility index (Phi) is 3.57. The number of hydrogen-bond acceptors (Lipinski definition) is 2. The number of carboxylic acid groups (broad SMARTS) is 1. The number of benzene rings is 1. The molecule has 0 radical (unpaired) electrons. The summed E-state index contributed by atoms with van der Waals surface area (Å²) in [5.41, 5.74) is -0.677. The zero-order valence-corrected chi connectivity index (χ0v) is 10.5. The number of aliphatic carboxylic acids is 1. The van der Waals surface area contributed by atoms with Crippen molar-refractivity contribution >= 4 is 23.5 Å². The fourth-order valence-corrected chi connectivity index (χ4v) is 2.39. The third-order valence-corrected chi connectivity index (χ3v) is 3.58. The summed E-state index contributed by atoms with van der Waals surface area (Å²) in [4.78, 5) is 23.3. The highest BCUT2D eigenvalue weighted by molar-refractivity contribution is 6.30. The van der Waals surface area contributed by atoms with Gasteiger partial charge in [0.2, 0.25) is 0 Å². The highest BCUT2D eigenvalue weighted by Crippen LogP contribution is 2.30. The van der Waals surface area contributed by atoms with E-state index >= 15 is 0 Å². The first-order chi connectivity index (χ1) is 8.53. The van der Waals surface area contributed by atoms with Gasteiger partial charge in [0.25, 0.3) is 5.91 Å². The first-order valence-electron chi connectivity index (χ1n) is 5.85. The molecular weight excluding hydrogens is 254 g/mol. The Bertz CT molecular complexity index is 464. The number of carbonyl (C=O) groups is 2. The molecule has 0 atom stereocenters. The Morgan fingerprint density at radius 1 is 1.17 bits per heavy atom. The van der Waals surface area contributed by atoms with E-state index in [9.17, 15) is 14.7 Å². The monoisotopic (exact) mass is 267 g/mol. The number of nitrogens with one attached hydrogen (secondary N) is 1. The van der Waals surface area contributed by atoms with Gasteiger partial charge in [-0.1, -0.05) is 24.4 Å². The standard InChI is InChI=1S/C13H14ClNO3/c14-10-5-3-9(4-6-10)11(16)15-13(12(17)18)7-1-2-8-13/h3-6H,1-2,7-8H2,(H,15,16)(H,17,18). The van der Waals surface area contributed by atoms with Crippen LogP contribution in [-0.4, -0.2) is 22.5 Å². The van der Waals surface area contributed by atoms with E-state index in [1.165, 1.54) is 0 Å². The summed E-state index contributed by atoms with van der Waals surface area (Å²) >= 11 is 5.74.